The van der Waals surface area contributed by atoms with Crippen LogP contribution in [0.1, 0.15) is 32.3 Å². The number of carbonyl (C=O) groups is 2. The van der Waals surface area contributed by atoms with Crippen molar-refractivity contribution in [1.82, 2.24) is 5.32 Å². The van der Waals surface area contributed by atoms with Gasteiger partial charge < -0.3 is 15.4 Å². The van der Waals surface area contributed by atoms with Crippen molar-refractivity contribution < 1.29 is 18.7 Å². The zero-order chi connectivity index (χ0) is 21.5. The van der Waals surface area contributed by atoms with Crippen molar-refractivity contribution in [3.05, 3.63) is 53.8 Å². The Hall–Kier alpha value is -2.93. The fourth-order valence-electron chi connectivity index (χ4n) is 4.66. The number of amides is 2. The maximum absolute atomic E-state index is 14.1. The van der Waals surface area contributed by atoms with Crippen LogP contribution in [-0.2, 0) is 15.1 Å². The maximum Gasteiger partial charge on any atom is 0.250 e. The van der Waals surface area contributed by atoms with E-state index in [1.165, 1.54) is 12.1 Å². The SMILES string of the molecule is COc1ccc(NC(=O)[C@H]2C[C@H](CC(C)C)N[C@]23C(=O)Nc2ccc(F)cc23)cc1. The van der Waals surface area contributed by atoms with Gasteiger partial charge in [0, 0.05) is 23.0 Å². The van der Waals surface area contributed by atoms with Gasteiger partial charge in [0.05, 0.1) is 13.0 Å². The van der Waals surface area contributed by atoms with Crippen LogP contribution < -0.4 is 20.7 Å². The molecule has 2 aromatic rings. The topological polar surface area (TPSA) is 79.5 Å². The van der Waals surface area contributed by atoms with Crippen LogP contribution in [0, 0.1) is 17.7 Å². The van der Waals surface area contributed by atoms with Crippen LogP contribution in [-0.4, -0.2) is 25.0 Å². The fourth-order valence-corrected chi connectivity index (χ4v) is 4.66. The number of rotatable bonds is 5. The molecule has 30 heavy (non-hydrogen) atoms. The number of methoxy groups -OCH3 is 1. The third kappa shape index (κ3) is 3.43. The molecule has 2 amide bonds. The van der Waals surface area contributed by atoms with Crippen LogP contribution in [0.5, 0.6) is 5.75 Å². The summed E-state index contributed by atoms with van der Waals surface area (Å²) in [7, 11) is 1.58. The van der Waals surface area contributed by atoms with E-state index < -0.39 is 17.3 Å². The highest BCUT2D eigenvalue weighted by molar-refractivity contribution is 6.10. The van der Waals surface area contributed by atoms with Crippen molar-refractivity contribution in [1.29, 1.82) is 0 Å². The minimum atomic E-state index is -1.28. The number of hydrogen-bond acceptors (Lipinski definition) is 4. The Bertz CT molecular complexity index is 976. The average molecular weight is 411 g/mol. The third-order valence-electron chi connectivity index (χ3n) is 5.92. The summed E-state index contributed by atoms with van der Waals surface area (Å²) in [5.74, 6) is -0.627. The van der Waals surface area contributed by atoms with Crippen molar-refractivity contribution in [3.8, 4) is 5.75 Å². The Morgan fingerprint density at radius 1 is 1.27 bits per heavy atom. The van der Waals surface area contributed by atoms with Crippen molar-refractivity contribution in [2.45, 2.75) is 38.3 Å². The van der Waals surface area contributed by atoms with E-state index >= 15 is 0 Å². The lowest BCUT2D eigenvalue weighted by Gasteiger charge is -2.29. The quantitative estimate of drug-likeness (QED) is 0.702. The second kappa shape index (κ2) is 7.72. The van der Waals surface area contributed by atoms with E-state index in [0.717, 1.165) is 6.42 Å². The number of halogens is 1. The molecule has 1 fully saturated rings. The molecule has 0 saturated carbocycles. The van der Waals surface area contributed by atoms with Crippen LogP contribution >= 0.6 is 0 Å². The molecule has 7 heteroatoms. The van der Waals surface area contributed by atoms with Gasteiger partial charge in [0.15, 0.2) is 0 Å². The summed E-state index contributed by atoms with van der Waals surface area (Å²) in [6.07, 6.45) is 1.30. The first-order valence-corrected chi connectivity index (χ1v) is 10.2. The van der Waals surface area contributed by atoms with Crippen LogP contribution in [0.15, 0.2) is 42.5 Å². The molecule has 0 aliphatic carbocycles. The minimum absolute atomic E-state index is 0.0309. The molecule has 0 aromatic heterocycles. The molecule has 3 N–H and O–H groups in total. The zero-order valence-electron chi connectivity index (χ0n) is 17.3. The molecule has 4 rings (SSSR count). The molecule has 2 heterocycles. The van der Waals surface area contributed by atoms with Gasteiger partial charge in [-0.25, -0.2) is 4.39 Å². The van der Waals surface area contributed by atoms with Crippen LogP contribution in [0.3, 0.4) is 0 Å². The predicted molar refractivity (Wildman–Crippen MR) is 113 cm³/mol. The summed E-state index contributed by atoms with van der Waals surface area (Å²) in [6, 6.07) is 11.2. The van der Waals surface area contributed by atoms with Crippen LogP contribution in [0.2, 0.25) is 0 Å². The Balaban J connectivity index is 1.69. The molecule has 1 spiro atoms. The first-order valence-electron chi connectivity index (χ1n) is 10.2. The van der Waals surface area contributed by atoms with Crippen LogP contribution in [0.4, 0.5) is 15.8 Å². The second-order valence-electron chi connectivity index (χ2n) is 8.43. The number of hydrogen-bond donors (Lipinski definition) is 3. The molecule has 2 aromatic carbocycles. The number of anilines is 2. The molecule has 158 valence electrons. The average Bonchev–Trinajstić information content (AvgIpc) is 3.21. The molecule has 2 aliphatic heterocycles. The Labute approximate surface area is 175 Å². The monoisotopic (exact) mass is 411 g/mol. The van der Waals surface area contributed by atoms with E-state index in [2.05, 4.69) is 29.8 Å². The zero-order valence-corrected chi connectivity index (χ0v) is 17.3. The predicted octanol–water partition coefficient (Wildman–Crippen LogP) is 3.64. The summed E-state index contributed by atoms with van der Waals surface area (Å²) in [5.41, 5.74) is 0.365. The van der Waals surface area contributed by atoms with E-state index in [1.54, 1.807) is 37.4 Å². The molecule has 0 radical (unpaired) electrons. The van der Waals surface area contributed by atoms with Gasteiger partial charge >= 0.3 is 0 Å². The minimum Gasteiger partial charge on any atom is -0.497 e. The number of fused-ring (bicyclic) bond motifs is 2. The van der Waals surface area contributed by atoms with Crippen molar-refractivity contribution in [3.63, 3.8) is 0 Å². The molecule has 0 bridgehead atoms. The first-order chi connectivity index (χ1) is 14.3. The normalized spacial score (nSPS) is 24.8. The lowest BCUT2D eigenvalue weighted by atomic mass is 9.79. The molecule has 1 saturated heterocycles. The Morgan fingerprint density at radius 3 is 2.67 bits per heavy atom. The van der Waals surface area contributed by atoms with E-state index in [4.69, 9.17) is 4.74 Å². The highest BCUT2D eigenvalue weighted by atomic mass is 19.1. The summed E-state index contributed by atoms with van der Waals surface area (Å²) in [6.45, 7) is 4.20. The van der Waals surface area contributed by atoms with Crippen molar-refractivity contribution in [2.75, 3.05) is 17.7 Å². The molecular weight excluding hydrogens is 385 g/mol. The largest absolute Gasteiger partial charge is 0.497 e. The number of carbonyl (C=O) groups excluding carboxylic acids is 2. The summed E-state index contributed by atoms with van der Waals surface area (Å²) in [5, 5.41) is 9.15. The number of ether oxygens (including phenoxy) is 1. The summed E-state index contributed by atoms with van der Waals surface area (Å²) >= 11 is 0. The maximum atomic E-state index is 14.1. The van der Waals surface area contributed by atoms with Gasteiger partial charge in [-0.1, -0.05) is 13.8 Å². The van der Waals surface area contributed by atoms with E-state index in [0.29, 0.717) is 35.0 Å². The molecular formula is C23H26FN3O3. The van der Waals surface area contributed by atoms with Gasteiger partial charge in [-0.15, -0.1) is 0 Å². The van der Waals surface area contributed by atoms with Crippen LogP contribution in [0.25, 0.3) is 0 Å². The number of benzene rings is 2. The molecule has 6 nitrogen and oxygen atoms in total. The smallest absolute Gasteiger partial charge is 0.250 e. The van der Waals surface area contributed by atoms with Gasteiger partial charge in [-0.05, 0) is 61.2 Å². The second-order valence-corrected chi connectivity index (χ2v) is 8.43. The third-order valence-corrected chi connectivity index (χ3v) is 5.92. The Kier molecular flexibility index (Phi) is 5.24. The molecule has 3 atom stereocenters. The highest BCUT2D eigenvalue weighted by Crippen LogP contribution is 2.48. The molecule has 2 aliphatic rings. The summed E-state index contributed by atoms with van der Waals surface area (Å²) in [4.78, 5) is 26.5. The van der Waals surface area contributed by atoms with Gasteiger partial charge in [0.1, 0.15) is 17.1 Å². The van der Waals surface area contributed by atoms with Gasteiger partial charge in [0.2, 0.25) is 11.8 Å². The lowest BCUT2D eigenvalue weighted by Crippen LogP contribution is -2.52. The standard InChI is InChI=1S/C23H26FN3O3/c1-13(2)10-16-12-19(21(28)25-15-5-7-17(30-3)8-6-15)23(27-16)18-11-14(24)4-9-20(18)26-22(23)29/h4-9,11,13,16,19,27H,10,12H2,1-3H3,(H,25,28)(H,26,29)/t16-,19+,23-/m0/s1. The lowest BCUT2D eigenvalue weighted by molar-refractivity contribution is -0.130. The van der Waals surface area contributed by atoms with Gasteiger partial charge in [-0.3, -0.25) is 14.9 Å². The van der Waals surface area contributed by atoms with Gasteiger partial charge in [0.25, 0.3) is 0 Å². The Morgan fingerprint density at radius 2 is 2.00 bits per heavy atom. The van der Waals surface area contributed by atoms with Crippen molar-refractivity contribution in [2.24, 2.45) is 11.8 Å². The summed E-state index contributed by atoms with van der Waals surface area (Å²) < 4.78 is 19.3. The highest BCUT2D eigenvalue weighted by Gasteiger charge is 2.60. The molecule has 0 unspecified atom stereocenters. The number of nitrogens with one attached hydrogen (secondary N) is 3. The van der Waals surface area contributed by atoms with E-state index in [-0.39, 0.29) is 17.9 Å². The van der Waals surface area contributed by atoms with E-state index in [9.17, 15) is 14.0 Å². The first kappa shape index (κ1) is 20.3. The van der Waals surface area contributed by atoms with Gasteiger partial charge in [-0.2, -0.15) is 0 Å². The van der Waals surface area contributed by atoms with E-state index in [1.807, 2.05) is 0 Å². The van der Waals surface area contributed by atoms with Crippen molar-refractivity contribution >= 4 is 23.2 Å². The fraction of sp³-hybridized carbons (Fsp3) is 0.391.